The summed E-state index contributed by atoms with van der Waals surface area (Å²) in [7, 11) is 3.19. The van der Waals surface area contributed by atoms with E-state index in [0.717, 1.165) is 41.2 Å². The van der Waals surface area contributed by atoms with Gasteiger partial charge in [-0.1, -0.05) is 0 Å². The van der Waals surface area contributed by atoms with Gasteiger partial charge in [-0.05, 0) is 57.9 Å². The van der Waals surface area contributed by atoms with Gasteiger partial charge in [0.2, 0.25) is 5.91 Å². The first-order valence-electron chi connectivity index (χ1n) is 14.7. The third-order valence-electron chi connectivity index (χ3n) is 8.24. The van der Waals surface area contributed by atoms with Gasteiger partial charge in [0.25, 0.3) is 0 Å². The monoisotopic (exact) mass is 599 g/mol. The molecule has 1 aromatic carbocycles. The molecule has 3 aromatic rings. The maximum Gasteiger partial charge on any atom is 0.325 e. The Labute approximate surface area is 257 Å². The molecule has 0 radical (unpaired) electrons. The first-order chi connectivity index (χ1) is 21.2. The number of hydrogen-bond acceptors (Lipinski definition) is 11. The second kappa shape index (κ2) is 12.8. The summed E-state index contributed by atoms with van der Waals surface area (Å²) in [6.45, 7) is 7.54. The maximum absolute atomic E-state index is 13.8. The van der Waals surface area contributed by atoms with E-state index in [9.17, 15) is 14.9 Å². The van der Waals surface area contributed by atoms with Gasteiger partial charge in [-0.2, -0.15) is 5.26 Å². The highest BCUT2D eigenvalue weighted by Gasteiger charge is 2.48. The Hall–Kier alpha value is -4.92. The van der Waals surface area contributed by atoms with Gasteiger partial charge in [-0.15, -0.1) is 0 Å². The molecule has 5 rings (SSSR count). The summed E-state index contributed by atoms with van der Waals surface area (Å²) < 4.78 is 16.0. The fourth-order valence-electron chi connectivity index (χ4n) is 5.95. The van der Waals surface area contributed by atoms with E-state index < -0.39 is 5.41 Å². The quantitative estimate of drug-likeness (QED) is 0.339. The lowest BCUT2D eigenvalue weighted by Gasteiger charge is -2.35. The second-order valence-corrected chi connectivity index (χ2v) is 11.3. The Morgan fingerprint density at radius 2 is 1.86 bits per heavy atom. The zero-order chi connectivity index (χ0) is 31.4. The Kier molecular flexibility index (Phi) is 8.85. The summed E-state index contributed by atoms with van der Waals surface area (Å²) in [4.78, 5) is 43.6. The van der Waals surface area contributed by atoms with E-state index >= 15 is 0 Å². The number of benzene rings is 1. The first kappa shape index (κ1) is 30.5. The first-order valence-corrected chi connectivity index (χ1v) is 14.7. The van der Waals surface area contributed by atoms with Crippen molar-refractivity contribution in [2.45, 2.75) is 51.5 Å². The van der Waals surface area contributed by atoms with Crippen LogP contribution >= 0.6 is 0 Å². The van der Waals surface area contributed by atoms with Crippen LogP contribution in [0.15, 0.2) is 36.7 Å². The number of piperidine rings is 1. The van der Waals surface area contributed by atoms with Crippen LogP contribution in [0.1, 0.15) is 62.0 Å². The van der Waals surface area contributed by atoms with Crippen LogP contribution in [0, 0.1) is 11.3 Å². The maximum atomic E-state index is 13.8. The van der Waals surface area contributed by atoms with Crippen LogP contribution in [0.2, 0.25) is 0 Å². The number of nitriles is 1. The highest BCUT2D eigenvalue weighted by Crippen LogP contribution is 2.46. The predicted octanol–water partition coefficient (Wildman–Crippen LogP) is 3.94. The number of fused-ring (bicyclic) bond motifs is 1. The van der Waals surface area contributed by atoms with Crippen LogP contribution in [0.25, 0.3) is 0 Å². The molecular weight excluding hydrogens is 562 g/mol. The Bertz CT molecular complexity index is 1590. The van der Waals surface area contributed by atoms with Gasteiger partial charge in [-0.3, -0.25) is 14.5 Å². The number of ether oxygens (including phenoxy) is 3. The minimum atomic E-state index is -0.838. The smallest absolute Gasteiger partial charge is 0.325 e. The number of carbonyl (C=O) groups is 2. The van der Waals surface area contributed by atoms with Crippen LogP contribution in [-0.2, 0) is 26.3 Å². The minimum Gasteiger partial charge on any atom is -0.497 e. The summed E-state index contributed by atoms with van der Waals surface area (Å²) in [6.07, 6.45) is 3.01. The molecule has 1 N–H and O–H groups in total. The molecule has 12 heteroatoms. The van der Waals surface area contributed by atoms with E-state index in [4.69, 9.17) is 14.2 Å². The molecular formula is C32H37N7O5. The Balaban J connectivity index is 1.38. The number of nitrogens with one attached hydrogen (secondary N) is 1. The van der Waals surface area contributed by atoms with Crippen molar-refractivity contribution in [3.63, 3.8) is 0 Å². The summed E-state index contributed by atoms with van der Waals surface area (Å²) in [5.41, 5.74) is 2.61. The van der Waals surface area contributed by atoms with Crippen molar-refractivity contribution in [2.75, 3.05) is 55.6 Å². The summed E-state index contributed by atoms with van der Waals surface area (Å²) in [6, 6.07) is 11.1. The van der Waals surface area contributed by atoms with Gasteiger partial charge >= 0.3 is 5.97 Å². The van der Waals surface area contributed by atoms with Crippen molar-refractivity contribution in [2.24, 2.45) is 0 Å². The van der Waals surface area contributed by atoms with Crippen LogP contribution in [-0.4, -0.2) is 67.3 Å². The molecule has 0 unspecified atom stereocenters. The van der Waals surface area contributed by atoms with Crippen molar-refractivity contribution >= 4 is 29.2 Å². The average molecular weight is 600 g/mol. The van der Waals surface area contributed by atoms with Crippen molar-refractivity contribution in [1.82, 2.24) is 15.0 Å². The highest BCUT2D eigenvalue weighted by molar-refractivity contribution is 6.08. The largest absolute Gasteiger partial charge is 0.497 e. The molecule has 2 aliphatic rings. The number of rotatable bonds is 10. The molecule has 1 fully saturated rings. The van der Waals surface area contributed by atoms with E-state index in [2.05, 4.69) is 31.2 Å². The number of nitrogens with zero attached hydrogens (tertiary/aromatic N) is 6. The third kappa shape index (κ3) is 5.82. The highest BCUT2D eigenvalue weighted by atomic mass is 16.5. The van der Waals surface area contributed by atoms with E-state index in [1.165, 1.54) is 6.33 Å². The molecule has 2 aliphatic heterocycles. The number of esters is 1. The molecule has 0 atom stereocenters. The average Bonchev–Trinajstić information content (AvgIpc) is 3.24. The topological polar surface area (TPSA) is 143 Å². The molecule has 1 amide bonds. The lowest BCUT2D eigenvalue weighted by Crippen LogP contribution is -2.38. The van der Waals surface area contributed by atoms with Gasteiger partial charge in [0.1, 0.15) is 47.8 Å². The number of carbonyl (C=O) groups excluding carboxylic acids is 2. The lowest BCUT2D eigenvalue weighted by molar-refractivity contribution is -0.140. The zero-order valence-corrected chi connectivity index (χ0v) is 25.7. The minimum absolute atomic E-state index is 0.0162. The standard InChI is InChI=1S/C32H37N7O5/c1-6-44-26(40)17-34-24-10-8-22(16-33)37-28(24)20-11-13-38(14-12-20)29-27-30(36-19-35-29)39(31(41)32(27,2)3)18-21-7-9-23(42-4)15-25(21)43-5/h7-10,15,19-20,34H,6,11-14,17-18H2,1-5H3. The Morgan fingerprint density at radius 1 is 1.11 bits per heavy atom. The number of amides is 1. The molecule has 44 heavy (non-hydrogen) atoms. The molecule has 0 spiro atoms. The third-order valence-corrected chi connectivity index (χ3v) is 8.24. The fourth-order valence-corrected chi connectivity index (χ4v) is 5.95. The van der Waals surface area contributed by atoms with Crippen LogP contribution in [0.5, 0.6) is 11.5 Å². The molecule has 2 aromatic heterocycles. The zero-order valence-electron chi connectivity index (χ0n) is 25.7. The van der Waals surface area contributed by atoms with Gasteiger partial charge in [0.15, 0.2) is 0 Å². The Morgan fingerprint density at radius 3 is 2.55 bits per heavy atom. The van der Waals surface area contributed by atoms with Gasteiger partial charge < -0.3 is 24.4 Å². The number of hydrogen-bond donors (Lipinski definition) is 1. The number of anilines is 3. The van der Waals surface area contributed by atoms with E-state index in [-0.39, 0.29) is 24.3 Å². The fraction of sp³-hybridized carbons (Fsp3) is 0.438. The van der Waals surface area contributed by atoms with Crippen molar-refractivity contribution in [3.8, 4) is 17.6 Å². The van der Waals surface area contributed by atoms with Crippen molar-refractivity contribution < 1.29 is 23.8 Å². The predicted molar refractivity (Wildman–Crippen MR) is 164 cm³/mol. The SMILES string of the molecule is CCOC(=O)CNc1ccc(C#N)nc1C1CCN(c2ncnc3c2C(C)(C)C(=O)N3Cc2ccc(OC)cc2OC)CC1. The number of methoxy groups -OCH3 is 2. The van der Waals surface area contributed by atoms with Crippen LogP contribution in [0.3, 0.4) is 0 Å². The van der Waals surface area contributed by atoms with Crippen LogP contribution in [0.4, 0.5) is 17.3 Å². The molecule has 4 heterocycles. The summed E-state index contributed by atoms with van der Waals surface area (Å²) in [5, 5.41) is 12.6. The molecule has 230 valence electrons. The second-order valence-electron chi connectivity index (χ2n) is 11.3. The van der Waals surface area contributed by atoms with Gasteiger partial charge in [0, 0.05) is 30.6 Å². The van der Waals surface area contributed by atoms with E-state index in [0.29, 0.717) is 49.3 Å². The van der Waals surface area contributed by atoms with Crippen LogP contribution < -0.4 is 24.6 Å². The number of aromatic nitrogens is 3. The normalized spacial score (nSPS) is 15.9. The molecule has 1 saturated heterocycles. The van der Waals surface area contributed by atoms with E-state index in [1.807, 2.05) is 26.0 Å². The molecule has 0 bridgehead atoms. The molecule has 0 aliphatic carbocycles. The molecule has 0 saturated carbocycles. The summed E-state index contributed by atoms with van der Waals surface area (Å²) >= 11 is 0. The van der Waals surface area contributed by atoms with Crippen molar-refractivity contribution in [3.05, 3.63) is 59.2 Å². The lowest BCUT2D eigenvalue weighted by atomic mass is 9.86. The van der Waals surface area contributed by atoms with Gasteiger partial charge in [-0.25, -0.2) is 15.0 Å². The van der Waals surface area contributed by atoms with E-state index in [1.54, 1.807) is 44.2 Å². The van der Waals surface area contributed by atoms with Crippen molar-refractivity contribution in [1.29, 1.82) is 5.26 Å². The molecule has 12 nitrogen and oxygen atoms in total. The number of pyridine rings is 1. The van der Waals surface area contributed by atoms with Gasteiger partial charge in [0.05, 0.1) is 49.7 Å². The summed E-state index contributed by atoms with van der Waals surface area (Å²) in [5.74, 6) is 2.29.